The Labute approximate surface area is 218 Å². The number of aromatic nitrogens is 1. The Morgan fingerprint density at radius 2 is 1.97 bits per heavy atom. The van der Waals surface area contributed by atoms with Crippen molar-refractivity contribution < 1.29 is 9.47 Å². The summed E-state index contributed by atoms with van der Waals surface area (Å²) in [7, 11) is 3.20. The monoisotopic (exact) mass is 564 g/mol. The molecule has 0 spiro atoms. The predicted molar refractivity (Wildman–Crippen MR) is 144 cm³/mol. The maximum atomic E-state index is 13.8. The Morgan fingerprint density at radius 1 is 1.11 bits per heavy atom. The number of methoxy groups -OCH3 is 2. The molecule has 4 aromatic rings. The number of aryl methyl sites for hydroxylation is 1. The number of benzene rings is 2. The van der Waals surface area contributed by atoms with Crippen molar-refractivity contribution in [1.29, 1.82) is 0 Å². The van der Waals surface area contributed by atoms with Gasteiger partial charge in [-0.1, -0.05) is 41.7 Å². The second-order valence-electron chi connectivity index (χ2n) is 8.37. The molecule has 1 aliphatic heterocycles. The molecule has 6 rings (SSSR count). The topological polar surface area (TPSA) is 52.8 Å². The van der Waals surface area contributed by atoms with Crippen LogP contribution in [0.15, 0.2) is 73.7 Å². The van der Waals surface area contributed by atoms with Gasteiger partial charge in [-0.25, -0.2) is 4.99 Å². The number of rotatable bonds is 4. The second-order valence-corrected chi connectivity index (χ2v) is 11.2. The number of thiazole rings is 1. The van der Waals surface area contributed by atoms with Crippen LogP contribution in [0.25, 0.3) is 11.8 Å². The Balaban J connectivity index is 1.58. The fraction of sp³-hybridized carbons (Fsp3) is 0.185. The number of fused-ring (bicyclic) bond motifs is 3. The molecule has 0 amide bonds. The van der Waals surface area contributed by atoms with Gasteiger partial charge in [0.05, 0.1) is 35.0 Å². The molecule has 2 aromatic carbocycles. The van der Waals surface area contributed by atoms with Gasteiger partial charge in [-0.3, -0.25) is 9.36 Å². The molecule has 35 heavy (non-hydrogen) atoms. The van der Waals surface area contributed by atoms with E-state index in [-0.39, 0.29) is 11.6 Å². The first kappa shape index (κ1) is 22.5. The molecule has 8 heteroatoms. The van der Waals surface area contributed by atoms with Crippen LogP contribution in [0.4, 0.5) is 0 Å². The van der Waals surface area contributed by atoms with Gasteiger partial charge in [-0.2, -0.15) is 0 Å². The smallest absolute Gasteiger partial charge is 0.271 e. The molecule has 1 aliphatic carbocycles. The van der Waals surface area contributed by atoms with Crippen LogP contribution < -0.4 is 24.4 Å². The lowest BCUT2D eigenvalue weighted by Crippen LogP contribution is -2.38. The molecule has 1 atom stereocenters. The first-order valence-corrected chi connectivity index (χ1v) is 13.7. The van der Waals surface area contributed by atoms with E-state index in [2.05, 4.69) is 51.6 Å². The van der Waals surface area contributed by atoms with Gasteiger partial charge >= 0.3 is 0 Å². The highest BCUT2D eigenvalue weighted by Gasteiger charge is 2.33. The third-order valence-electron chi connectivity index (χ3n) is 6.44. The molecule has 176 valence electrons. The number of nitrogens with zero attached hydrogens (tertiary/aromatic N) is 2. The SMILES string of the molecule is COc1cc(/C=c2/sc3n(c2=O)C(c2cccs2)C2=C(N=3)c3ccccc3CC2)cc(Br)c1OC. The summed E-state index contributed by atoms with van der Waals surface area (Å²) in [5, 5.41) is 2.07. The lowest BCUT2D eigenvalue weighted by atomic mass is 9.85. The van der Waals surface area contributed by atoms with Crippen molar-refractivity contribution in [2.45, 2.75) is 18.9 Å². The number of hydrogen-bond acceptors (Lipinski definition) is 6. The first-order valence-electron chi connectivity index (χ1n) is 11.2. The number of ether oxygens (including phenoxy) is 2. The summed E-state index contributed by atoms with van der Waals surface area (Å²) >= 11 is 6.67. The van der Waals surface area contributed by atoms with Crippen LogP contribution in [0, 0.1) is 0 Å². The molecule has 2 aromatic heterocycles. The maximum Gasteiger partial charge on any atom is 0.271 e. The molecule has 0 saturated heterocycles. The van der Waals surface area contributed by atoms with Gasteiger partial charge in [0.25, 0.3) is 5.56 Å². The normalized spacial score (nSPS) is 16.9. The van der Waals surface area contributed by atoms with Crippen molar-refractivity contribution >= 4 is 50.4 Å². The molecule has 0 radical (unpaired) electrons. The van der Waals surface area contributed by atoms with E-state index in [1.807, 2.05) is 28.8 Å². The number of allylic oxidation sites excluding steroid dienone is 1. The molecule has 0 saturated carbocycles. The van der Waals surface area contributed by atoms with E-state index in [1.54, 1.807) is 25.6 Å². The molecule has 1 unspecified atom stereocenters. The van der Waals surface area contributed by atoms with E-state index in [4.69, 9.17) is 14.5 Å². The van der Waals surface area contributed by atoms with Gasteiger partial charge < -0.3 is 9.47 Å². The molecule has 3 heterocycles. The Hall–Kier alpha value is -2.94. The summed E-state index contributed by atoms with van der Waals surface area (Å²) in [5.74, 6) is 1.22. The third kappa shape index (κ3) is 3.71. The Kier molecular flexibility index (Phi) is 5.75. The van der Waals surface area contributed by atoms with Crippen LogP contribution in [0.3, 0.4) is 0 Å². The standard InChI is InChI=1S/C27H21BrN2O3S2/c1-32-20-13-15(12-19(28)25(20)33-2)14-22-26(31)30-24(21-8-5-11-34-21)18-10-9-16-6-3-4-7-17(16)23(18)29-27(30)35-22/h3-8,11-14,24H,9-10H2,1-2H3/b22-14+. The molecular formula is C27H21BrN2O3S2. The summed E-state index contributed by atoms with van der Waals surface area (Å²) in [5.41, 5.74) is 5.56. The third-order valence-corrected chi connectivity index (χ3v) is 8.94. The average Bonchev–Trinajstić information content (AvgIpc) is 3.51. The fourth-order valence-electron chi connectivity index (χ4n) is 4.89. The van der Waals surface area contributed by atoms with E-state index in [1.165, 1.54) is 28.0 Å². The molecule has 0 bridgehead atoms. The van der Waals surface area contributed by atoms with E-state index >= 15 is 0 Å². The molecule has 5 nitrogen and oxygen atoms in total. The predicted octanol–water partition coefficient (Wildman–Crippen LogP) is 5.16. The van der Waals surface area contributed by atoms with Crippen LogP contribution in [-0.2, 0) is 6.42 Å². The number of thiophene rings is 1. The van der Waals surface area contributed by atoms with Crippen molar-refractivity contribution in [2.24, 2.45) is 4.99 Å². The minimum absolute atomic E-state index is 0.0246. The highest BCUT2D eigenvalue weighted by Crippen LogP contribution is 2.42. The van der Waals surface area contributed by atoms with Gasteiger partial charge in [-0.05, 0) is 75.1 Å². The lowest BCUT2D eigenvalue weighted by molar-refractivity contribution is 0.353. The largest absolute Gasteiger partial charge is 0.493 e. The van der Waals surface area contributed by atoms with Crippen LogP contribution in [0.1, 0.15) is 34.0 Å². The zero-order valence-corrected chi connectivity index (χ0v) is 22.3. The summed E-state index contributed by atoms with van der Waals surface area (Å²) in [4.78, 5) is 20.8. The van der Waals surface area contributed by atoms with E-state index < -0.39 is 0 Å². The zero-order chi connectivity index (χ0) is 24.1. The average molecular weight is 566 g/mol. The highest BCUT2D eigenvalue weighted by atomic mass is 79.9. The van der Waals surface area contributed by atoms with Crippen molar-refractivity contribution in [2.75, 3.05) is 14.2 Å². The van der Waals surface area contributed by atoms with Gasteiger partial charge in [0.1, 0.15) is 0 Å². The van der Waals surface area contributed by atoms with Crippen LogP contribution >= 0.6 is 38.6 Å². The summed E-state index contributed by atoms with van der Waals surface area (Å²) in [6, 6.07) is 16.3. The molecular weight excluding hydrogens is 544 g/mol. The summed E-state index contributed by atoms with van der Waals surface area (Å²) in [6.07, 6.45) is 3.75. The summed E-state index contributed by atoms with van der Waals surface area (Å²) in [6.45, 7) is 0. The fourth-order valence-corrected chi connectivity index (χ4v) is 7.36. The van der Waals surface area contributed by atoms with Crippen LogP contribution in [0.2, 0.25) is 0 Å². The van der Waals surface area contributed by atoms with E-state index in [9.17, 15) is 4.79 Å². The van der Waals surface area contributed by atoms with Crippen LogP contribution in [-0.4, -0.2) is 18.8 Å². The quantitative estimate of drug-likeness (QED) is 0.344. The first-order chi connectivity index (χ1) is 17.1. The van der Waals surface area contributed by atoms with E-state index in [0.29, 0.717) is 16.0 Å². The zero-order valence-electron chi connectivity index (χ0n) is 19.1. The van der Waals surface area contributed by atoms with Gasteiger partial charge in [0.2, 0.25) is 0 Å². The van der Waals surface area contributed by atoms with E-state index in [0.717, 1.165) is 38.3 Å². The van der Waals surface area contributed by atoms with Crippen LogP contribution in [0.5, 0.6) is 11.5 Å². The molecule has 0 N–H and O–H groups in total. The lowest BCUT2D eigenvalue weighted by Gasteiger charge is -2.30. The van der Waals surface area contributed by atoms with Gasteiger partial charge in [-0.15, -0.1) is 11.3 Å². The number of halogens is 1. The maximum absolute atomic E-state index is 13.8. The Morgan fingerprint density at radius 3 is 2.74 bits per heavy atom. The Bertz CT molecular complexity index is 1670. The van der Waals surface area contributed by atoms with Crippen molar-refractivity contribution in [3.8, 4) is 11.5 Å². The van der Waals surface area contributed by atoms with Crippen molar-refractivity contribution in [3.63, 3.8) is 0 Å². The highest BCUT2D eigenvalue weighted by molar-refractivity contribution is 9.10. The number of hydrogen-bond donors (Lipinski definition) is 0. The minimum Gasteiger partial charge on any atom is -0.493 e. The van der Waals surface area contributed by atoms with Crippen molar-refractivity contribution in [3.05, 3.63) is 105 Å². The van der Waals surface area contributed by atoms with Gasteiger partial charge in [0.15, 0.2) is 16.3 Å². The van der Waals surface area contributed by atoms with Crippen molar-refractivity contribution in [1.82, 2.24) is 4.57 Å². The van der Waals surface area contributed by atoms with Gasteiger partial charge in [0, 0.05) is 10.4 Å². The second kappa shape index (κ2) is 8.93. The molecule has 2 aliphatic rings. The molecule has 0 fully saturated rings. The summed E-state index contributed by atoms with van der Waals surface area (Å²) < 4.78 is 14.2. The minimum atomic E-state index is -0.131.